The van der Waals surface area contributed by atoms with Gasteiger partial charge in [0, 0.05) is 6.07 Å². The van der Waals surface area contributed by atoms with Crippen molar-refractivity contribution < 1.29 is 21.6 Å². The zero-order chi connectivity index (χ0) is 23.3. The van der Waals surface area contributed by atoms with Gasteiger partial charge in [0.05, 0.1) is 28.6 Å². The molecule has 1 aliphatic heterocycles. The summed E-state index contributed by atoms with van der Waals surface area (Å²) in [7, 11) is -4.41. The highest BCUT2D eigenvalue weighted by atomic mass is 32.2. The minimum absolute atomic E-state index is 0.144. The molecule has 1 aliphatic rings. The third-order valence-corrected chi connectivity index (χ3v) is 6.95. The maximum absolute atomic E-state index is 14.0. The monoisotopic (exact) mass is 472 g/mol. The van der Waals surface area contributed by atoms with E-state index in [0.29, 0.717) is 23.0 Å². The van der Waals surface area contributed by atoms with Crippen LogP contribution in [0.4, 0.5) is 24.7 Å². The number of benzene rings is 2. The molecule has 0 saturated carbocycles. The quantitative estimate of drug-likeness (QED) is 0.468. The van der Waals surface area contributed by atoms with Gasteiger partial charge in [0.1, 0.15) is 29.3 Å². The highest BCUT2D eigenvalue weighted by Crippen LogP contribution is 2.38. The Morgan fingerprint density at radius 3 is 2.52 bits per heavy atom. The molecule has 5 rings (SSSR count). The van der Waals surface area contributed by atoms with E-state index in [-0.39, 0.29) is 21.8 Å². The molecule has 4 aromatic rings. The van der Waals surface area contributed by atoms with E-state index in [1.165, 1.54) is 24.8 Å². The van der Waals surface area contributed by atoms with Crippen LogP contribution < -0.4 is 9.62 Å². The zero-order valence-corrected chi connectivity index (χ0v) is 17.7. The molecule has 33 heavy (non-hydrogen) atoms. The molecule has 0 spiro atoms. The van der Waals surface area contributed by atoms with Gasteiger partial charge in [-0.1, -0.05) is 6.07 Å². The van der Waals surface area contributed by atoms with Crippen molar-refractivity contribution in [3.63, 3.8) is 0 Å². The van der Waals surface area contributed by atoms with Crippen molar-refractivity contribution in [3.05, 3.63) is 77.8 Å². The molecule has 0 radical (unpaired) electrons. The lowest BCUT2D eigenvalue weighted by Crippen LogP contribution is -2.40. The Morgan fingerprint density at radius 1 is 1.00 bits per heavy atom. The van der Waals surface area contributed by atoms with Gasteiger partial charge in [0.25, 0.3) is 10.0 Å². The summed E-state index contributed by atoms with van der Waals surface area (Å²) >= 11 is 0. The molecular weight excluding hydrogens is 457 g/mol. The maximum Gasteiger partial charge on any atom is 0.269 e. The lowest BCUT2D eigenvalue weighted by atomic mass is 10.1. The molecule has 0 saturated heterocycles. The van der Waals surface area contributed by atoms with Crippen LogP contribution in [0.25, 0.3) is 17.2 Å². The second-order valence-corrected chi connectivity index (χ2v) is 9.09. The lowest BCUT2D eigenvalue weighted by Gasteiger charge is -2.34. The van der Waals surface area contributed by atoms with Gasteiger partial charge in [0.2, 0.25) is 0 Å². The van der Waals surface area contributed by atoms with E-state index in [9.17, 15) is 21.6 Å². The number of anilines is 2. The van der Waals surface area contributed by atoms with E-state index in [2.05, 4.69) is 25.3 Å². The molecule has 2 N–H and O–H groups in total. The van der Waals surface area contributed by atoms with Crippen LogP contribution in [0.1, 0.15) is 12.5 Å². The number of aromatic amines is 1. The third-order valence-electron chi connectivity index (χ3n) is 5.13. The van der Waals surface area contributed by atoms with Gasteiger partial charge < -0.3 is 10.3 Å². The first-order valence-corrected chi connectivity index (χ1v) is 11.1. The number of H-pyrrole nitrogens is 1. The maximum atomic E-state index is 14.0. The van der Waals surface area contributed by atoms with Crippen molar-refractivity contribution in [1.82, 2.24) is 19.9 Å². The summed E-state index contributed by atoms with van der Waals surface area (Å²) in [6.07, 6.45) is 4.25. The molecule has 12 heteroatoms. The van der Waals surface area contributed by atoms with Crippen LogP contribution in [0.15, 0.2) is 59.6 Å². The first-order chi connectivity index (χ1) is 15.7. The number of hydrogen-bond donors (Lipinski definition) is 2. The fraction of sp³-hybridized carbons (Fsp3) is 0.0952. The van der Waals surface area contributed by atoms with Gasteiger partial charge in [-0.2, -0.15) is 0 Å². The number of imidazole rings is 1. The van der Waals surface area contributed by atoms with Gasteiger partial charge in [-0.3, -0.25) is 0 Å². The van der Waals surface area contributed by atoms with Crippen LogP contribution in [-0.2, 0) is 10.0 Å². The minimum Gasteiger partial charge on any atom is -0.360 e. The molecule has 2 aromatic heterocycles. The standard InChI is InChI=1S/C21H15F3N6O2S/c1-11(29-21-19-20(26-9-25-19)27-10-28-21)17-4-12-2-3-13(22)8-18(12)33(31,32)30(17)16-6-14(23)5-15(24)7-16/h2-11H,1H3,(H2,25,26,27,28,29)/t11-/m0/s1. The molecule has 1 atom stereocenters. The Kier molecular flexibility index (Phi) is 4.81. The summed E-state index contributed by atoms with van der Waals surface area (Å²) in [5.74, 6) is -2.33. The molecule has 8 nitrogen and oxygen atoms in total. The zero-order valence-electron chi connectivity index (χ0n) is 16.9. The summed E-state index contributed by atoms with van der Waals surface area (Å²) in [6.45, 7) is 1.66. The van der Waals surface area contributed by atoms with Crippen molar-refractivity contribution in [2.24, 2.45) is 0 Å². The summed E-state index contributed by atoms with van der Waals surface area (Å²) in [6, 6.07) is 5.02. The predicted molar refractivity (Wildman–Crippen MR) is 115 cm³/mol. The van der Waals surface area contributed by atoms with Crippen LogP contribution >= 0.6 is 0 Å². The molecule has 0 amide bonds. The van der Waals surface area contributed by atoms with E-state index in [4.69, 9.17) is 0 Å². The van der Waals surface area contributed by atoms with Crippen molar-refractivity contribution in [3.8, 4) is 0 Å². The third kappa shape index (κ3) is 3.57. The minimum atomic E-state index is -4.41. The number of halogens is 3. The van der Waals surface area contributed by atoms with E-state index in [1.807, 2.05) is 0 Å². The molecule has 2 aromatic carbocycles. The molecule has 0 unspecified atom stereocenters. The largest absolute Gasteiger partial charge is 0.360 e. The topological polar surface area (TPSA) is 104 Å². The number of hydrogen-bond acceptors (Lipinski definition) is 6. The number of fused-ring (bicyclic) bond motifs is 2. The van der Waals surface area contributed by atoms with E-state index < -0.39 is 33.5 Å². The second-order valence-electron chi connectivity index (χ2n) is 7.34. The highest BCUT2D eigenvalue weighted by Gasteiger charge is 2.37. The fourth-order valence-corrected chi connectivity index (χ4v) is 5.46. The SMILES string of the molecule is C[C@H](Nc1ncnc2nc[nH]c12)C1=Cc2ccc(F)cc2S(=O)(=O)N1c1cc(F)cc(F)c1. The smallest absolute Gasteiger partial charge is 0.269 e. The Bertz CT molecular complexity index is 1520. The first kappa shape index (κ1) is 20.9. The van der Waals surface area contributed by atoms with Gasteiger partial charge in [0.15, 0.2) is 11.5 Å². The summed E-state index contributed by atoms with van der Waals surface area (Å²) in [5.41, 5.74) is 1.01. The number of nitrogens with one attached hydrogen (secondary N) is 2. The Labute approximate surface area is 185 Å². The van der Waals surface area contributed by atoms with Crippen LogP contribution in [0.3, 0.4) is 0 Å². The number of rotatable bonds is 4. The average Bonchev–Trinajstić information content (AvgIpc) is 3.23. The van der Waals surface area contributed by atoms with E-state index in [1.54, 1.807) is 6.92 Å². The Balaban J connectivity index is 1.67. The number of nitrogens with zero attached hydrogens (tertiary/aromatic N) is 4. The van der Waals surface area contributed by atoms with Crippen molar-refractivity contribution in [1.29, 1.82) is 0 Å². The normalized spacial score (nSPS) is 15.8. The summed E-state index contributed by atoms with van der Waals surface area (Å²) in [5, 5.41) is 3.09. The van der Waals surface area contributed by atoms with Crippen molar-refractivity contribution in [2.75, 3.05) is 9.62 Å². The number of aromatic nitrogens is 4. The van der Waals surface area contributed by atoms with Crippen molar-refractivity contribution in [2.45, 2.75) is 17.9 Å². The number of sulfonamides is 1. The lowest BCUT2D eigenvalue weighted by molar-refractivity contribution is 0.579. The first-order valence-electron chi connectivity index (χ1n) is 9.67. The molecule has 0 bridgehead atoms. The van der Waals surface area contributed by atoms with Crippen LogP contribution in [0.5, 0.6) is 0 Å². The average molecular weight is 472 g/mol. The summed E-state index contributed by atoms with van der Waals surface area (Å²) < 4.78 is 69.8. The van der Waals surface area contributed by atoms with Gasteiger partial charge >= 0.3 is 0 Å². The van der Waals surface area contributed by atoms with Crippen LogP contribution in [0, 0.1) is 17.5 Å². The molecule has 0 fully saturated rings. The molecular formula is C21H15F3N6O2S. The summed E-state index contributed by atoms with van der Waals surface area (Å²) in [4.78, 5) is 14.8. The highest BCUT2D eigenvalue weighted by molar-refractivity contribution is 7.93. The second kappa shape index (κ2) is 7.59. The molecule has 3 heterocycles. The van der Waals surface area contributed by atoms with E-state index in [0.717, 1.165) is 28.6 Å². The van der Waals surface area contributed by atoms with Crippen molar-refractivity contribution >= 4 is 38.8 Å². The van der Waals surface area contributed by atoms with Gasteiger partial charge in [-0.15, -0.1) is 0 Å². The molecule has 168 valence electrons. The van der Waals surface area contributed by atoms with Gasteiger partial charge in [-0.25, -0.2) is 40.8 Å². The predicted octanol–water partition coefficient (Wildman–Crippen LogP) is 3.82. The van der Waals surface area contributed by atoms with Gasteiger partial charge in [-0.05, 0) is 42.8 Å². The van der Waals surface area contributed by atoms with Crippen LogP contribution in [-0.4, -0.2) is 34.4 Å². The Hall–Kier alpha value is -3.93. The Morgan fingerprint density at radius 2 is 1.76 bits per heavy atom. The van der Waals surface area contributed by atoms with E-state index >= 15 is 0 Å². The molecule has 0 aliphatic carbocycles. The van der Waals surface area contributed by atoms with Crippen LogP contribution in [0.2, 0.25) is 0 Å². The fourth-order valence-electron chi connectivity index (χ4n) is 3.70.